The highest BCUT2D eigenvalue weighted by molar-refractivity contribution is 5.70. The zero-order valence-corrected chi connectivity index (χ0v) is 19.0. The van der Waals surface area contributed by atoms with Crippen molar-refractivity contribution in [2.75, 3.05) is 7.05 Å². The summed E-state index contributed by atoms with van der Waals surface area (Å²) in [5, 5.41) is 0. The van der Waals surface area contributed by atoms with Crippen LogP contribution in [0.15, 0.2) is 0 Å². The predicted molar refractivity (Wildman–Crippen MR) is 116 cm³/mol. The molecule has 29 heavy (non-hydrogen) atoms. The lowest BCUT2D eigenvalue weighted by molar-refractivity contribution is -0.156. The van der Waals surface area contributed by atoms with Gasteiger partial charge < -0.3 is 9.47 Å². The van der Waals surface area contributed by atoms with Crippen molar-refractivity contribution in [2.24, 2.45) is 0 Å². The van der Waals surface area contributed by atoms with E-state index in [1.54, 1.807) is 0 Å². The van der Waals surface area contributed by atoms with Crippen molar-refractivity contribution in [2.45, 2.75) is 134 Å². The number of piperidine rings is 1. The molecule has 0 spiro atoms. The Morgan fingerprint density at radius 1 is 0.759 bits per heavy atom. The molecular formula is C24H43NO4. The molecule has 0 unspecified atom stereocenters. The van der Waals surface area contributed by atoms with Gasteiger partial charge in [0.25, 0.3) is 0 Å². The monoisotopic (exact) mass is 409 g/mol. The number of esters is 2. The molecule has 0 radical (unpaired) electrons. The molecule has 2 saturated heterocycles. The minimum Gasteiger partial charge on any atom is -0.462 e. The van der Waals surface area contributed by atoms with E-state index >= 15 is 0 Å². The molecule has 2 heterocycles. The minimum atomic E-state index is -0.0620. The van der Waals surface area contributed by atoms with E-state index in [1.165, 1.54) is 38.5 Å². The first-order valence-electron chi connectivity index (χ1n) is 12.2. The van der Waals surface area contributed by atoms with Crippen molar-refractivity contribution >= 4 is 11.9 Å². The minimum absolute atomic E-state index is 0.0258. The van der Waals surface area contributed by atoms with Crippen LogP contribution in [-0.2, 0) is 19.1 Å². The third-order valence-electron chi connectivity index (χ3n) is 6.62. The second-order valence-electron chi connectivity index (χ2n) is 9.06. The molecule has 0 aromatic carbocycles. The van der Waals surface area contributed by atoms with Crippen LogP contribution in [-0.4, -0.2) is 48.2 Å². The lowest BCUT2D eigenvalue weighted by atomic mass is 10.00. The Labute approximate surface area is 177 Å². The maximum Gasteiger partial charge on any atom is 0.306 e. The van der Waals surface area contributed by atoms with Crippen molar-refractivity contribution in [3.8, 4) is 0 Å². The number of rotatable bonds is 14. The Hall–Kier alpha value is -1.10. The van der Waals surface area contributed by atoms with Crippen LogP contribution in [0.2, 0.25) is 0 Å². The van der Waals surface area contributed by atoms with Gasteiger partial charge in [-0.2, -0.15) is 0 Å². The van der Waals surface area contributed by atoms with E-state index in [2.05, 4.69) is 25.8 Å². The van der Waals surface area contributed by atoms with Crippen LogP contribution in [0.3, 0.4) is 0 Å². The zero-order chi connectivity index (χ0) is 21.1. The Kier molecular flexibility index (Phi) is 11.0. The summed E-state index contributed by atoms with van der Waals surface area (Å²) in [7, 11) is 2.11. The summed E-state index contributed by atoms with van der Waals surface area (Å²) in [5.41, 5.74) is 0. The smallest absolute Gasteiger partial charge is 0.306 e. The van der Waals surface area contributed by atoms with Crippen molar-refractivity contribution in [1.82, 2.24) is 4.90 Å². The summed E-state index contributed by atoms with van der Waals surface area (Å²) in [5.74, 6) is -0.121. The summed E-state index contributed by atoms with van der Waals surface area (Å²) in [4.78, 5) is 26.8. The molecule has 4 atom stereocenters. The van der Waals surface area contributed by atoms with Gasteiger partial charge >= 0.3 is 11.9 Å². The SMILES string of the molecule is CCCCCCCC(=O)O[C@H]1C[C@H]2C[C@H](OC(=O)CCCCCCC)[C@@H](C1)N2C. The fourth-order valence-corrected chi connectivity index (χ4v) is 4.82. The first-order chi connectivity index (χ1) is 14.0. The van der Waals surface area contributed by atoms with Crippen LogP contribution in [0.25, 0.3) is 0 Å². The largest absolute Gasteiger partial charge is 0.462 e. The first kappa shape index (κ1) is 24.2. The quantitative estimate of drug-likeness (QED) is 0.284. The van der Waals surface area contributed by atoms with Crippen molar-refractivity contribution < 1.29 is 19.1 Å². The van der Waals surface area contributed by atoms with Crippen LogP contribution in [0.5, 0.6) is 0 Å². The van der Waals surface area contributed by atoms with Gasteiger partial charge in [-0.15, -0.1) is 0 Å². The maximum atomic E-state index is 12.3. The highest BCUT2D eigenvalue weighted by Gasteiger charge is 2.47. The molecule has 5 heteroatoms. The van der Waals surface area contributed by atoms with Gasteiger partial charge in [-0.05, 0) is 19.9 Å². The molecular weight excluding hydrogens is 366 g/mol. The molecule has 5 nitrogen and oxygen atoms in total. The van der Waals surface area contributed by atoms with E-state index in [0.29, 0.717) is 18.9 Å². The molecule has 0 saturated carbocycles. The van der Waals surface area contributed by atoms with E-state index in [0.717, 1.165) is 44.9 Å². The number of ether oxygens (including phenoxy) is 2. The molecule has 2 aliphatic heterocycles. The summed E-state index contributed by atoms with van der Waals surface area (Å²) < 4.78 is 11.6. The van der Waals surface area contributed by atoms with E-state index in [4.69, 9.17) is 9.47 Å². The third-order valence-corrected chi connectivity index (χ3v) is 6.62. The molecule has 2 rings (SSSR count). The van der Waals surface area contributed by atoms with Crippen LogP contribution in [0.4, 0.5) is 0 Å². The fourth-order valence-electron chi connectivity index (χ4n) is 4.82. The average molecular weight is 410 g/mol. The summed E-state index contributed by atoms with van der Waals surface area (Å²) in [6.07, 6.45) is 14.9. The summed E-state index contributed by atoms with van der Waals surface area (Å²) in [6.45, 7) is 4.39. The molecule has 0 aromatic rings. The van der Waals surface area contributed by atoms with Crippen LogP contribution >= 0.6 is 0 Å². The Bertz CT molecular complexity index is 493. The van der Waals surface area contributed by atoms with E-state index in [9.17, 15) is 9.59 Å². The van der Waals surface area contributed by atoms with Crippen molar-refractivity contribution in [3.05, 3.63) is 0 Å². The normalized spacial score (nSPS) is 26.4. The van der Waals surface area contributed by atoms with Crippen molar-refractivity contribution in [1.29, 1.82) is 0 Å². The fraction of sp³-hybridized carbons (Fsp3) is 0.917. The second kappa shape index (κ2) is 13.3. The number of unbranched alkanes of at least 4 members (excludes halogenated alkanes) is 8. The van der Waals surface area contributed by atoms with E-state index in [-0.39, 0.29) is 30.2 Å². The second-order valence-corrected chi connectivity index (χ2v) is 9.06. The summed E-state index contributed by atoms with van der Waals surface area (Å²) in [6, 6.07) is 0.526. The topological polar surface area (TPSA) is 55.8 Å². The van der Waals surface area contributed by atoms with Gasteiger partial charge in [0.15, 0.2) is 0 Å². The van der Waals surface area contributed by atoms with Crippen LogP contribution in [0, 0.1) is 0 Å². The van der Waals surface area contributed by atoms with Crippen LogP contribution in [0.1, 0.15) is 110 Å². The number of likely N-dealkylation sites (N-methyl/N-ethyl adjacent to an activating group) is 1. The van der Waals surface area contributed by atoms with Crippen LogP contribution < -0.4 is 0 Å². The maximum absolute atomic E-state index is 12.3. The molecule has 0 aromatic heterocycles. The molecule has 0 amide bonds. The van der Waals surface area contributed by atoms with Gasteiger partial charge in [-0.3, -0.25) is 14.5 Å². The molecule has 2 aliphatic rings. The number of hydrogen-bond acceptors (Lipinski definition) is 5. The van der Waals surface area contributed by atoms with Gasteiger partial charge in [0, 0.05) is 38.1 Å². The number of fused-ring (bicyclic) bond motifs is 2. The third kappa shape index (κ3) is 8.27. The molecule has 2 fully saturated rings. The molecule has 0 aliphatic carbocycles. The highest BCUT2D eigenvalue weighted by Crippen LogP contribution is 2.37. The molecule has 0 N–H and O–H groups in total. The first-order valence-corrected chi connectivity index (χ1v) is 12.2. The predicted octanol–water partition coefficient (Wildman–Crippen LogP) is 5.40. The Morgan fingerprint density at radius 2 is 1.31 bits per heavy atom. The van der Waals surface area contributed by atoms with Gasteiger partial charge in [0.1, 0.15) is 12.2 Å². The number of carbonyl (C=O) groups excluding carboxylic acids is 2. The van der Waals surface area contributed by atoms with Crippen molar-refractivity contribution in [3.63, 3.8) is 0 Å². The Balaban J connectivity index is 1.69. The Morgan fingerprint density at radius 3 is 1.90 bits per heavy atom. The van der Waals surface area contributed by atoms with E-state index < -0.39 is 0 Å². The van der Waals surface area contributed by atoms with Gasteiger partial charge in [0.05, 0.1) is 6.04 Å². The number of hydrogen-bond donors (Lipinski definition) is 0. The van der Waals surface area contributed by atoms with Gasteiger partial charge in [0.2, 0.25) is 0 Å². The average Bonchev–Trinajstić information content (AvgIpc) is 2.86. The lowest BCUT2D eigenvalue weighted by Gasteiger charge is -2.36. The van der Waals surface area contributed by atoms with Gasteiger partial charge in [-0.25, -0.2) is 0 Å². The zero-order valence-electron chi connectivity index (χ0n) is 19.0. The van der Waals surface area contributed by atoms with E-state index in [1.807, 2.05) is 0 Å². The standard InChI is InChI=1S/C24H43NO4/c1-4-6-8-10-12-14-23(26)28-20-16-19-17-22(21(18-20)25(19)3)29-24(27)15-13-11-9-7-5-2/h19-22H,4-18H2,1-3H3/t19-,20-,21+,22-/m0/s1. The molecule has 168 valence electrons. The van der Waals surface area contributed by atoms with Gasteiger partial charge in [-0.1, -0.05) is 65.2 Å². The lowest BCUT2D eigenvalue weighted by Crippen LogP contribution is -2.46. The molecule has 2 bridgehead atoms. The number of nitrogens with zero attached hydrogens (tertiary/aromatic N) is 1. The highest BCUT2D eigenvalue weighted by atomic mass is 16.6. The summed E-state index contributed by atoms with van der Waals surface area (Å²) >= 11 is 0. The number of carbonyl (C=O) groups is 2.